The lowest BCUT2D eigenvalue weighted by molar-refractivity contribution is 0.0698. The van der Waals surface area contributed by atoms with E-state index in [1.807, 2.05) is 0 Å². The van der Waals surface area contributed by atoms with E-state index >= 15 is 0 Å². The summed E-state index contributed by atoms with van der Waals surface area (Å²) in [6.07, 6.45) is 2.62. The summed E-state index contributed by atoms with van der Waals surface area (Å²) in [4.78, 5) is 24.0. The first-order chi connectivity index (χ1) is 14.8. The number of phenolic OH excluding ortho intramolecular Hbond substituents is 1. The van der Waals surface area contributed by atoms with Crippen LogP contribution in [-0.4, -0.2) is 39.6 Å². The lowest BCUT2D eigenvalue weighted by Gasteiger charge is -2.15. The Labute approximate surface area is 176 Å². The molecular formula is C20H15N5O5S. The highest BCUT2D eigenvalue weighted by atomic mass is 32.2. The zero-order valence-electron chi connectivity index (χ0n) is 15.7. The quantitative estimate of drug-likeness (QED) is 0.356. The van der Waals surface area contributed by atoms with Gasteiger partial charge in [0.1, 0.15) is 10.6 Å². The number of phenols is 1. The van der Waals surface area contributed by atoms with E-state index in [2.05, 4.69) is 25.0 Å². The molecule has 0 amide bonds. The molecule has 2 heterocycles. The lowest BCUT2D eigenvalue weighted by Crippen LogP contribution is -2.16. The molecule has 156 valence electrons. The molecule has 0 atom stereocenters. The summed E-state index contributed by atoms with van der Waals surface area (Å²) in [6.45, 7) is 0. The van der Waals surface area contributed by atoms with Crippen LogP contribution in [0.2, 0.25) is 0 Å². The second-order valence-electron chi connectivity index (χ2n) is 6.36. The molecular weight excluding hydrogens is 422 g/mol. The molecule has 4 aromatic rings. The van der Waals surface area contributed by atoms with Gasteiger partial charge in [0, 0.05) is 18.5 Å². The smallest absolute Gasteiger partial charge is 0.337 e. The SMILES string of the molecule is O=C(O)c1ccc(O)cc1Nc1nc2ccccc2nc1NS(=O)(=O)c1cccnc1. The monoisotopic (exact) mass is 437 g/mol. The number of aromatic nitrogens is 3. The maximum atomic E-state index is 12.8. The number of nitrogens with one attached hydrogen (secondary N) is 2. The highest BCUT2D eigenvalue weighted by Gasteiger charge is 2.20. The fraction of sp³-hybridized carbons (Fsp3) is 0. The number of nitrogens with zero attached hydrogens (tertiary/aromatic N) is 3. The number of hydrogen-bond acceptors (Lipinski definition) is 8. The summed E-state index contributed by atoms with van der Waals surface area (Å²) in [7, 11) is -4.05. The number of rotatable bonds is 6. The van der Waals surface area contributed by atoms with Gasteiger partial charge in [0.15, 0.2) is 11.6 Å². The Morgan fingerprint density at radius 2 is 1.65 bits per heavy atom. The van der Waals surface area contributed by atoms with Crippen molar-refractivity contribution in [2.75, 3.05) is 10.0 Å². The number of benzene rings is 2. The zero-order valence-corrected chi connectivity index (χ0v) is 16.5. The summed E-state index contributed by atoms with van der Waals surface area (Å²) >= 11 is 0. The van der Waals surface area contributed by atoms with Crippen molar-refractivity contribution in [3.8, 4) is 5.75 Å². The molecule has 4 rings (SSSR count). The van der Waals surface area contributed by atoms with Crippen LogP contribution in [0.25, 0.3) is 11.0 Å². The van der Waals surface area contributed by atoms with E-state index in [9.17, 15) is 23.4 Å². The van der Waals surface area contributed by atoms with Crippen molar-refractivity contribution in [3.63, 3.8) is 0 Å². The largest absolute Gasteiger partial charge is 0.508 e. The minimum atomic E-state index is -4.05. The Morgan fingerprint density at radius 1 is 0.935 bits per heavy atom. The van der Waals surface area contributed by atoms with E-state index < -0.39 is 16.0 Å². The second kappa shape index (κ2) is 7.88. The molecule has 0 saturated carbocycles. The molecule has 11 heteroatoms. The van der Waals surface area contributed by atoms with Gasteiger partial charge in [-0.15, -0.1) is 0 Å². The maximum absolute atomic E-state index is 12.8. The molecule has 10 nitrogen and oxygen atoms in total. The van der Waals surface area contributed by atoms with Gasteiger partial charge in [0.25, 0.3) is 10.0 Å². The molecule has 4 N–H and O–H groups in total. The number of aromatic carboxylic acids is 1. The van der Waals surface area contributed by atoms with Crippen LogP contribution >= 0.6 is 0 Å². The number of aromatic hydroxyl groups is 1. The molecule has 0 bridgehead atoms. The Balaban J connectivity index is 1.83. The number of carboxylic acids is 1. The van der Waals surface area contributed by atoms with E-state index in [1.165, 1.54) is 42.7 Å². The Kier molecular flexibility index (Phi) is 5.09. The Morgan fingerprint density at radius 3 is 2.29 bits per heavy atom. The van der Waals surface area contributed by atoms with Crippen LogP contribution in [0.1, 0.15) is 10.4 Å². The number of sulfonamides is 1. The summed E-state index contributed by atoms with van der Waals surface area (Å²) in [6, 6.07) is 13.3. The fourth-order valence-corrected chi connectivity index (χ4v) is 3.77. The zero-order chi connectivity index (χ0) is 22.0. The molecule has 0 unspecified atom stereocenters. The Bertz CT molecular complexity index is 1390. The fourth-order valence-electron chi connectivity index (χ4n) is 2.80. The van der Waals surface area contributed by atoms with Gasteiger partial charge >= 0.3 is 5.97 Å². The van der Waals surface area contributed by atoms with Crippen LogP contribution in [0.5, 0.6) is 5.75 Å². The van der Waals surface area contributed by atoms with Crippen molar-refractivity contribution in [1.29, 1.82) is 0 Å². The number of anilines is 3. The number of pyridine rings is 1. The molecule has 0 aliphatic carbocycles. The first kappa shape index (κ1) is 20.0. The van der Waals surface area contributed by atoms with Crippen LogP contribution in [0, 0.1) is 0 Å². The summed E-state index contributed by atoms with van der Waals surface area (Å²) in [5, 5.41) is 22.0. The normalized spacial score (nSPS) is 11.2. The first-order valence-electron chi connectivity index (χ1n) is 8.86. The minimum absolute atomic E-state index is 0.0129. The standard InChI is InChI=1S/C20H15N5O5S/c26-12-7-8-14(20(27)28)17(10-12)24-18-19(23-16-6-2-1-5-15(16)22-18)25-31(29,30)13-4-3-9-21-11-13/h1-11,26H,(H,22,24)(H,23,25)(H,27,28). The molecule has 0 radical (unpaired) electrons. The van der Waals surface area contributed by atoms with Gasteiger partial charge in [-0.3, -0.25) is 9.71 Å². The van der Waals surface area contributed by atoms with E-state index in [0.717, 1.165) is 0 Å². The highest BCUT2D eigenvalue weighted by Crippen LogP contribution is 2.30. The molecule has 2 aromatic carbocycles. The van der Waals surface area contributed by atoms with Crippen molar-refractivity contribution in [2.24, 2.45) is 0 Å². The van der Waals surface area contributed by atoms with E-state index in [0.29, 0.717) is 11.0 Å². The third-order valence-corrected chi connectivity index (χ3v) is 5.56. The molecule has 0 aliphatic heterocycles. The predicted octanol–water partition coefficient (Wildman–Crippen LogP) is 2.97. The molecule has 0 aliphatic rings. The number of hydrogen-bond donors (Lipinski definition) is 4. The van der Waals surface area contributed by atoms with Gasteiger partial charge in [0.05, 0.1) is 22.3 Å². The van der Waals surface area contributed by atoms with Crippen LogP contribution in [0.15, 0.2) is 71.9 Å². The van der Waals surface area contributed by atoms with Crippen molar-refractivity contribution >= 4 is 44.3 Å². The van der Waals surface area contributed by atoms with Crippen LogP contribution < -0.4 is 10.0 Å². The average Bonchev–Trinajstić information content (AvgIpc) is 2.74. The first-order valence-corrected chi connectivity index (χ1v) is 10.3. The number of carbonyl (C=O) groups is 1. The number of carboxylic acid groups (broad SMARTS) is 1. The predicted molar refractivity (Wildman–Crippen MR) is 113 cm³/mol. The maximum Gasteiger partial charge on any atom is 0.337 e. The number of para-hydroxylation sites is 2. The van der Waals surface area contributed by atoms with Crippen LogP contribution in [0.4, 0.5) is 17.3 Å². The Hall–Kier alpha value is -4.25. The van der Waals surface area contributed by atoms with Crippen molar-refractivity contribution in [2.45, 2.75) is 4.90 Å². The summed E-state index contributed by atoms with van der Waals surface area (Å²) in [5.74, 6) is -1.62. The van der Waals surface area contributed by atoms with Gasteiger partial charge in [-0.05, 0) is 36.4 Å². The molecule has 0 spiro atoms. The number of fused-ring (bicyclic) bond motifs is 1. The van der Waals surface area contributed by atoms with Gasteiger partial charge < -0.3 is 15.5 Å². The third kappa shape index (κ3) is 4.21. The van der Waals surface area contributed by atoms with Gasteiger partial charge in [-0.1, -0.05) is 12.1 Å². The molecule has 0 saturated heterocycles. The van der Waals surface area contributed by atoms with Crippen LogP contribution in [0.3, 0.4) is 0 Å². The van der Waals surface area contributed by atoms with Crippen molar-refractivity contribution in [1.82, 2.24) is 15.0 Å². The average molecular weight is 437 g/mol. The minimum Gasteiger partial charge on any atom is -0.508 e. The van der Waals surface area contributed by atoms with Gasteiger partial charge in [0.2, 0.25) is 0 Å². The summed E-state index contributed by atoms with van der Waals surface area (Å²) in [5.41, 5.74) is 0.741. The van der Waals surface area contributed by atoms with Crippen LogP contribution in [-0.2, 0) is 10.0 Å². The van der Waals surface area contributed by atoms with E-state index in [4.69, 9.17) is 0 Å². The third-order valence-electron chi connectivity index (χ3n) is 4.23. The van der Waals surface area contributed by atoms with E-state index in [1.54, 1.807) is 24.3 Å². The highest BCUT2D eigenvalue weighted by molar-refractivity contribution is 7.92. The van der Waals surface area contributed by atoms with Gasteiger partial charge in [-0.25, -0.2) is 23.2 Å². The van der Waals surface area contributed by atoms with Crippen molar-refractivity contribution < 1.29 is 23.4 Å². The molecule has 31 heavy (non-hydrogen) atoms. The second-order valence-corrected chi connectivity index (χ2v) is 8.05. The van der Waals surface area contributed by atoms with Gasteiger partial charge in [-0.2, -0.15) is 0 Å². The molecule has 0 fully saturated rings. The topological polar surface area (TPSA) is 154 Å². The lowest BCUT2D eigenvalue weighted by atomic mass is 10.1. The summed E-state index contributed by atoms with van der Waals surface area (Å²) < 4.78 is 27.9. The van der Waals surface area contributed by atoms with Crippen molar-refractivity contribution in [3.05, 3.63) is 72.6 Å². The molecule has 2 aromatic heterocycles. The van der Waals surface area contributed by atoms with E-state index in [-0.39, 0.29) is 33.5 Å².